The molecule has 0 unspecified atom stereocenters. The number of nitrogens with zero attached hydrogens (tertiary/aromatic N) is 5. The summed E-state index contributed by atoms with van der Waals surface area (Å²) >= 11 is 3.43. The van der Waals surface area contributed by atoms with E-state index in [0.717, 1.165) is 46.7 Å². The maximum Gasteiger partial charge on any atom is 0.160 e. The van der Waals surface area contributed by atoms with E-state index in [1.165, 1.54) is 50.0 Å². The van der Waals surface area contributed by atoms with Crippen LogP contribution in [0.5, 0.6) is 0 Å². The van der Waals surface area contributed by atoms with Crippen LogP contribution in [-0.2, 0) is 6.54 Å². The zero-order valence-electron chi connectivity index (χ0n) is 17.1. The lowest BCUT2D eigenvalue weighted by Crippen LogP contribution is -2.47. The number of hydrogen-bond acceptors (Lipinski definition) is 5. The van der Waals surface area contributed by atoms with Gasteiger partial charge in [-0.2, -0.15) is 0 Å². The Balaban J connectivity index is 1.27. The molecule has 3 aromatic heterocycles. The third-order valence-electron chi connectivity index (χ3n) is 6.57. The van der Waals surface area contributed by atoms with Gasteiger partial charge in [0.15, 0.2) is 5.65 Å². The van der Waals surface area contributed by atoms with E-state index in [1.54, 1.807) is 6.20 Å². The van der Waals surface area contributed by atoms with E-state index in [-0.39, 0.29) is 0 Å². The summed E-state index contributed by atoms with van der Waals surface area (Å²) in [5, 5.41) is 3.47. The first-order chi connectivity index (χ1) is 14.7. The second kappa shape index (κ2) is 7.54. The van der Waals surface area contributed by atoms with Crippen molar-refractivity contribution in [3.05, 3.63) is 52.7 Å². The second-order valence-electron chi connectivity index (χ2n) is 8.87. The predicted octanol–water partition coefficient (Wildman–Crippen LogP) is 4.27. The Labute approximate surface area is 185 Å². The number of fused-ring (bicyclic) bond motifs is 1. The van der Waals surface area contributed by atoms with Crippen molar-refractivity contribution < 1.29 is 0 Å². The standard InChI is InChI=1S/C23H27BrN6/c24-22-12-18(5-6-25-22)26-13-19-15-30-14-17(16-1-2-16)11-21(23(30)27-19)29-9-7-28(8-10-29)20-3-4-20/h5-6,11-12,14-16,20H,1-4,7-10,13H2,(H,25,26). The fraction of sp³-hybridized carbons (Fsp3) is 0.478. The van der Waals surface area contributed by atoms with E-state index >= 15 is 0 Å². The van der Waals surface area contributed by atoms with Gasteiger partial charge in [0.25, 0.3) is 0 Å². The van der Waals surface area contributed by atoms with Gasteiger partial charge in [-0.1, -0.05) is 0 Å². The lowest BCUT2D eigenvalue weighted by atomic mass is 10.1. The molecule has 0 aromatic carbocycles. The molecule has 1 N–H and O–H groups in total. The minimum absolute atomic E-state index is 0.700. The van der Waals surface area contributed by atoms with Gasteiger partial charge in [0.05, 0.1) is 17.9 Å². The van der Waals surface area contributed by atoms with Crippen LogP contribution in [-0.4, -0.2) is 51.5 Å². The normalized spacial score (nSPS) is 20.1. The number of hydrogen-bond donors (Lipinski definition) is 1. The lowest BCUT2D eigenvalue weighted by Gasteiger charge is -2.36. The molecule has 0 radical (unpaired) electrons. The minimum atomic E-state index is 0.700. The van der Waals surface area contributed by atoms with Gasteiger partial charge in [-0.25, -0.2) is 9.97 Å². The van der Waals surface area contributed by atoms with E-state index in [1.807, 2.05) is 12.1 Å². The Hall–Kier alpha value is -2.12. The second-order valence-corrected chi connectivity index (χ2v) is 9.68. The first-order valence-electron chi connectivity index (χ1n) is 11.1. The summed E-state index contributed by atoms with van der Waals surface area (Å²) in [6, 6.07) is 7.26. The molecule has 4 heterocycles. The van der Waals surface area contributed by atoms with Crippen LogP contribution in [0.1, 0.15) is 42.9 Å². The number of piperazine rings is 1. The highest BCUT2D eigenvalue weighted by molar-refractivity contribution is 9.10. The summed E-state index contributed by atoms with van der Waals surface area (Å²) in [6.45, 7) is 5.26. The molecule has 0 bridgehead atoms. The average molecular weight is 467 g/mol. The van der Waals surface area contributed by atoms with E-state index in [0.29, 0.717) is 6.54 Å². The molecule has 30 heavy (non-hydrogen) atoms. The molecule has 3 aliphatic rings. The summed E-state index contributed by atoms with van der Waals surface area (Å²) in [5.41, 5.74) is 5.98. The summed E-state index contributed by atoms with van der Waals surface area (Å²) in [5.74, 6) is 0.735. The third kappa shape index (κ3) is 3.81. The number of rotatable bonds is 6. The van der Waals surface area contributed by atoms with Gasteiger partial charge in [0.2, 0.25) is 0 Å². The van der Waals surface area contributed by atoms with Gasteiger partial charge in [-0.05, 0) is 71.3 Å². The summed E-state index contributed by atoms with van der Waals surface area (Å²) < 4.78 is 3.10. The van der Waals surface area contributed by atoms with Gasteiger partial charge in [0, 0.05) is 56.5 Å². The van der Waals surface area contributed by atoms with E-state index in [2.05, 4.69) is 58.9 Å². The molecular formula is C23H27BrN6. The number of nitrogens with one attached hydrogen (secondary N) is 1. The van der Waals surface area contributed by atoms with Crippen molar-refractivity contribution in [3.8, 4) is 0 Å². The van der Waals surface area contributed by atoms with Crippen molar-refractivity contribution in [3.63, 3.8) is 0 Å². The average Bonchev–Trinajstić information content (AvgIpc) is 3.68. The zero-order chi connectivity index (χ0) is 20.1. The topological polar surface area (TPSA) is 48.7 Å². The highest BCUT2D eigenvalue weighted by atomic mass is 79.9. The summed E-state index contributed by atoms with van der Waals surface area (Å²) in [6.07, 6.45) is 11.7. The first kappa shape index (κ1) is 18.6. The number of aromatic nitrogens is 3. The van der Waals surface area contributed by atoms with E-state index in [4.69, 9.17) is 4.98 Å². The molecule has 7 heteroatoms. The molecule has 0 amide bonds. The van der Waals surface area contributed by atoms with Crippen molar-refractivity contribution in [2.75, 3.05) is 36.4 Å². The van der Waals surface area contributed by atoms with Crippen LogP contribution in [0.4, 0.5) is 11.4 Å². The molecule has 6 nitrogen and oxygen atoms in total. The molecule has 1 saturated heterocycles. The van der Waals surface area contributed by atoms with Crippen molar-refractivity contribution in [2.45, 2.75) is 44.2 Å². The van der Waals surface area contributed by atoms with Crippen LogP contribution in [0, 0.1) is 0 Å². The fourth-order valence-corrected chi connectivity index (χ4v) is 4.95. The van der Waals surface area contributed by atoms with Gasteiger partial charge in [-0.15, -0.1) is 0 Å². The highest BCUT2D eigenvalue weighted by Crippen LogP contribution is 2.42. The van der Waals surface area contributed by atoms with Crippen LogP contribution < -0.4 is 10.2 Å². The van der Waals surface area contributed by atoms with Gasteiger partial charge < -0.3 is 14.6 Å². The predicted molar refractivity (Wildman–Crippen MR) is 123 cm³/mol. The van der Waals surface area contributed by atoms with Crippen molar-refractivity contribution >= 4 is 33.0 Å². The maximum absolute atomic E-state index is 5.03. The number of halogens is 1. The quantitative estimate of drug-likeness (QED) is 0.549. The molecule has 6 rings (SSSR count). The van der Waals surface area contributed by atoms with Crippen LogP contribution in [0.25, 0.3) is 5.65 Å². The van der Waals surface area contributed by atoms with Crippen molar-refractivity contribution in [1.29, 1.82) is 0 Å². The molecule has 3 aromatic rings. The maximum atomic E-state index is 5.03. The minimum Gasteiger partial charge on any atom is -0.379 e. The van der Waals surface area contributed by atoms with Crippen LogP contribution in [0.3, 0.4) is 0 Å². The van der Waals surface area contributed by atoms with Gasteiger partial charge >= 0.3 is 0 Å². The van der Waals surface area contributed by atoms with Gasteiger partial charge in [-0.3, -0.25) is 4.90 Å². The van der Waals surface area contributed by atoms with Crippen LogP contribution in [0.2, 0.25) is 0 Å². The van der Waals surface area contributed by atoms with E-state index < -0.39 is 0 Å². The molecule has 1 aliphatic heterocycles. The Morgan fingerprint density at radius 1 is 1.03 bits per heavy atom. The largest absolute Gasteiger partial charge is 0.379 e. The molecule has 2 saturated carbocycles. The molecular weight excluding hydrogens is 440 g/mol. The molecule has 2 aliphatic carbocycles. The SMILES string of the molecule is Brc1cc(NCc2cn3cc(C4CC4)cc(N4CCN(C5CC5)CC4)c3n2)ccn1. The smallest absolute Gasteiger partial charge is 0.160 e. The molecule has 0 spiro atoms. The monoisotopic (exact) mass is 466 g/mol. The Morgan fingerprint density at radius 3 is 2.60 bits per heavy atom. The third-order valence-corrected chi connectivity index (χ3v) is 7.00. The number of imidazole rings is 1. The fourth-order valence-electron chi connectivity index (χ4n) is 4.58. The zero-order valence-corrected chi connectivity index (χ0v) is 18.7. The summed E-state index contributed by atoms with van der Waals surface area (Å²) in [7, 11) is 0. The Morgan fingerprint density at radius 2 is 1.87 bits per heavy atom. The van der Waals surface area contributed by atoms with Crippen LogP contribution >= 0.6 is 15.9 Å². The van der Waals surface area contributed by atoms with E-state index in [9.17, 15) is 0 Å². The van der Waals surface area contributed by atoms with Crippen molar-refractivity contribution in [1.82, 2.24) is 19.3 Å². The number of anilines is 2. The van der Waals surface area contributed by atoms with Gasteiger partial charge in [0.1, 0.15) is 4.60 Å². The van der Waals surface area contributed by atoms with Crippen LogP contribution in [0.15, 0.2) is 41.4 Å². The summed E-state index contributed by atoms with van der Waals surface area (Å²) in [4.78, 5) is 14.5. The number of pyridine rings is 2. The lowest BCUT2D eigenvalue weighted by molar-refractivity contribution is 0.248. The molecule has 0 atom stereocenters. The molecule has 3 fully saturated rings. The Kier molecular flexibility index (Phi) is 4.68. The van der Waals surface area contributed by atoms with Crippen molar-refractivity contribution in [2.24, 2.45) is 0 Å². The Bertz CT molecular complexity index is 1060. The molecule has 156 valence electrons. The highest BCUT2D eigenvalue weighted by Gasteiger charge is 2.32. The first-order valence-corrected chi connectivity index (χ1v) is 11.9.